The quantitative estimate of drug-likeness (QED) is 0.677. The summed E-state index contributed by atoms with van der Waals surface area (Å²) in [6.07, 6.45) is 3.00. The zero-order valence-electron chi connectivity index (χ0n) is 7.85. The minimum atomic E-state index is 0.375. The van der Waals surface area contributed by atoms with Gasteiger partial charge in [0.05, 0.1) is 11.9 Å². The van der Waals surface area contributed by atoms with E-state index < -0.39 is 0 Å². The van der Waals surface area contributed by atoms with Gasteiger partial charge in [0.2, 0.25) is 0 Å². The average Bonchev–Trinajstić information content (AvgIpc) is 2.72. The van der Waals surface area contributed by atoms with Gasteiger partial charge in [-0.25, -0.2) is 14.5 Å². The Hall–Kier alpha value is -2.09. The van der Waals surface area contributed by atoms with Gasteiger partial charge in [-0.2, -0.15) is 5.26 Å². The van der Waals surface area contributed by atoms with Gasteiger partial charge in [0.15, 0.2) is 5.69 Å². The first-order valence-corrected chi connectivity index (χ1v) is 4.10. The van der Waals surface area contributed by atoms with E-state index in [-0.39, 0.29) is 0 Å². The standard InChI is InChI=1S/C9H8N4O/c1-6-8(5-10)13(7(2)12-6)9-11-3-4-14-9/h3-4H,1-2H3. The first-order chi connectivity index (χ1) is 6.74. The van der Waals surface area contributed by atoms with Crippen molar-refractivity contribution >= 4 is 0 Å². The van der Waals surface area contributed by atoms with Gasteiger partial charge in [-0.05, 0) is 13.8 Å². The molecule has 0 bridgehead atoms. The van der Waals surface area contributed by atoms with Gasteiger partial charge in [0.1, 0.15) is 18.2 Å². The van der Waals surface area contributed by atoms with Crippen molar-refractivity contribution in [2.75, 3.05) is 0 Å². The molecule has 2 rings (SSSR count). The highest BCUT2D eigenvalue weighted by Crippen LogP contribution is 2.15. The first-order valence-electron chi connectivity index (χ1n) is 4.10. The summed E-state index contributed by atoms with van der Waals surface area (Å²) >= 11 is 0. The van der Waals surface area contributed by atoms with E-state index >= 15 is 0 Å². The fourth-order valence-corrected chi connectivity index (χ4v) is 1.36. The minimum absolute atomic E-state index is 0.375. The molecule has 0 saturated carbocycles. The molecular formula is C9H8N4O. The van der Waals surface area contributed by atoms with Crippen molar-refractivity contribution in [2.45, 2.75) is 13.8 Å². The minimum Gasteiger partial charge on any atom is -0.432 e. The lowest BCUT2D eigenvalue weighted by atomic mass is 10.4. The highest BCUT2D eigenvalue weighted by Gasteiger charge is 2.15. The van der Waals surface area contributed by atoms with Crippen molar-refractivity contribution in [1.29, 1.82) is 5.26 Å². The number of hydrogen-bond acceptors (Lipinski definition) is 4. The van der Waals surface area contributed by atoms with Crippen LogP contribution >= 0.6 is 0 Å². The van der Waals surface area contributed by atoms with Crippen LogP contribution in [-0.2, 0) is 0 Å². The molecule has 2 aromatic heterocycles. The third kappa shape index (κ3) is 1.09. The lowest BCUT2D eigenvalue weighted by Gasteiger charge is -1.98. The van der Waals surface area contributed by atoms with Crippen molar-refractivity contribution in [3.63, 3.8) is 0 Å². The maximum atomic E-state index is 8.93. The lowest BCUT2D eigenvalue weighted by Crippen LogP contribution is -2.00. The number of imidazole rings is 1. The van der Waals surface area contributed by atoms with Crippen LogP contribution in [0, 0.1) is 25.2 Å². The molecule has 0 N–H and O–H groups in total. The van der Waals surface area contributed by atoms with Crippen molar-refractivity contribution in [3.05, 3.63) is 29.7 Å². The third-order valence-corrected chi connectivity index (χ3v) is 1.94. The zero-order valence-corrected chi connectivity index (χ0v) is 7.85. The highest BCUT2D eigenvalue weighted by atomic mass is 16.4. The molecule has 0 unspecified atom stereocenters. The number of aryl methyl sites for hydroxylation is 2. The molecule has 0 radical (unpaired) electrons. The summed E-state index contributed by atoms with van der Waals surface area (Å²) in [5, 5.41) is 8.93. The van der Waals surface area contributed by atoms with E-state index in [1.165, 1.54) is 12.5 Å². The Kier molecular flexibility index (Phi) is 1.82. The van der Waals surface area contributed by atoms with Crippen molar-refractivity contribution in [2.24, 2.45) is 0 Å². The van der Waals surface area contributed by atoms with Crippen molar-refractivity contribution in [1.82, 2.24) is 14.5 Å². The first kappa shape index (κ1) is 8.51. The summed E-state index contributed by atoms with van der Waals surface area (Å²) < 4.78 is 6.71. The summed E-state index contributed by atoms with van der Waals surface area (Å²) in [6.45, 7) is 3.59. The van der Waals surface area contributed by atoms with Gasteiger partial charge < -0.3 is 4.42 Å². The molecule has 2 heterocycles. The van der Waals surface area contributed by atoms with Crippen LogP contribution in [0.4, 0.5) is 0 Å². The molecule has 0 aliphatic heterocycles. The van der Waals surface area contributed by atoms with E-state index in [1.54, 1.807) is 18.4 Å². The van der Waals surface area contributed by atoms with Crippen LogP contribution in [0.25, 0.3) is 6.01 Å². The number of nitrogens with zero attached hydrogens (tertiary/aromatic N) is 4. The molecule has 0 fully saturated rings. The fourth-order valence-electron chi connectivity index (χ4n) is 1.36. The number of nitriles is 1. The van der Waals surface area contributed by atoms with Gasteiger partial charge in [-0.1, -0.05) is 0 Å². The van der Waals surface area contributed by atoms with Crippen LogP contribution < -0.4 is 0 Å². The SMILES string of the molecule is Cc1nc(C)n(-c2ncco2)c1C#N. The highest BCUT2D eigenvalue weighted by molar-refractivity contribution is 5.33. The number of aromatic nitrogens is 3. The van der Waals surface area contributed by atoms with Gasteiger partial charge in [-0.15, -0.1) is 0 Å². The van der Waals surface area contributed by atoms with E-state index in [9.17, 15) is 0 Å². The summed E-state index contributed by atoms with van der Waals surface area (Å²) in [5.41, 5.74) is 1.15. The topological polar surface area (TPSA) is 67.6 Å². The monoisotopic (exact) mass is 188 g/mol. The van der Waals surface area contributed by atoms with Gasteiger partial charge >= 0.3 is 6.01 Å². The number of oxazole rings is 1. The normalized spacial score (nSPS) is 10.1. The van der Waals surface area contributed by atoms with Gasteiger partial charge in [-0.3, -0.25) is 0 Å². The molecule has 0 aliphatic rings. The number of rotatable bonds is 1. The molecule has 14 heavy (non-hydrogen) atoms. The second-order valence-electron chi connectivity index (χ2n) is 2.85. The molecular weight excluding hydrogens is 180 g/mol. The van der Waals surface area contributed by atoms with Crippen LogP contribution in [0.2, 0.25) is 0 Å². The van der Waals surface area contributed by atoms with Crippen LogP contribution in [-0.4, -0.2) is 14.5 Å². The Bertz CT molecular complexity index is 490. The second kappa shape index (κ2) is 3.00. The van der Waals surface area contributed by atoms with E-state index in [0.717, 1.165) is 0 Å². The molecule has 0 atom stereocenters. The fraction of sp³-hybridized carbons (Fsp3) is 0.222. The average molecular weight is 188 g/mol. The zero-order chi connectivity index (χ0) is 10.1. The van der Waals surface area contributed by atoms with E-state index in [4.69, 9.17) is 9.68 Å². The Morgan fingerprint density at radius 2 is 2.29 bits per heavy atom. The van der Waals surface area contributed by atoms with Gasteiger partial charge in [0, 0.05) is 0 Å². The Morgan fingerprint density at radius 1 is 1.50 bits per heavy atom. The molecule has 0 aliphatic carbocycles. The summed E-state index contributed by atoms with van der Waals surface area (Å²) in [7, 11) is 0. The third-order valence-electron chi connectivity index (χ3n) is 1.94. The van der Waals surface area contributed by atoms with Crippen LogP contribution in [0.1, 0.15) is 17.2 Å². The summed E-state index contributed by atoms with van der Waals surface area (Å²) in [4.78, 5) is 8.15. The van der Waals surface area contributed by atoms with Gasteiger partial charge in [0.25, 0.3) is 0 Å². The predicted molar refractivity (Wildman–Crippen MR) is 47.8 cm³/mol. The van der Waals surface area contributed by atoms with E-state index in [2.05, 4.69) is 16.0 Å². The molecule has 0 amide bonds. The molecule has 0 spiro atoms. The second-order valence-corrected chi connectivity index (χ2v) is 2.85. The molecule has 0 aromatic carbocycles. The smallest absolute Gasteiger partial charge is 0.308 e. The van der Waals surface area contributed by atoms with Crippen molar-refractivity contribution < 1.29 is 4.42 Å². The summed E-state index contributed by atoms with van der Waals surface area (Å²) in [5.74, 6) is 0.696. The maximum absolute atomic E-state index is 8.93. The number of hydrogen-bond donors (Lipinski definition) is 0. The van der Waals surface area contributed by atoms with E-state index in [0.29, 0.717) is 23.2 Å². The molecule has 0 saturated heterocycles. The molecule has 2 aromatic rings. The molecule has 70 valence electrons. The largest absolute Gasteiger partial charge is 0.432 e. The molecule has 5 heteroatoms. The Morgan fingerprint density at radius 3 is 2.86 bits per heavy atom. The lowest BCUT2D eigenvalue weighted by molar-refractivity contribution is 0.522. The van der Waals surface area contributed by atoms with Crippen LogP contribution in [0.3, 0.4) is 0 Å². The predicted octanol–water partition coefficient (Wildman–Crippen LogP) is 1.35. The van der Waals surface area contributed by atoms with E-state index in [1.807, 2.05) is 0 Å². The van der Waals surface area contributed by atoms with Crippen LogP contribution in [0.5, 0.6) is 0 Å². The Balaban J connectivity index is 2.70. The molecule has 5 nitrogen and oxygen atoms in total. The summed E-state index contributed by atoms with van der Waals surface area (Å²) in [6, 6.07) is 2.45. The Labute approximate surface area is 80.6 Å². The maximum Gasteiger partial charge on any atom is 0.308 e. The van der Waals surface area contributed by atoms with Crippen molar-refractivity contribution in [3.8, 4) is 12.1 Å². The van der Waals surface area contributed by atoms with Crippen LogP contribution in [0.15, 0.2) is 16.9 Å².